The van der Waals surface area contributed by atoms with E-state index in [0.29, 0.717) is 0 Å². The molecule has 0 atom stereocenters. The smallest absolute Gasteiger partial charge is 0.243 e. The van der Waals surface area contributed by atoms with Crippen molar-refractivity contribution >= 4 is 33.2 Å². The first-order chi connectivity index (χ1) is 8.01. The van der Waals surface area contributed by atoms with E-state index >= 15 is 0 Å². The lowest BCUT2D eigenvalue weighted by Gasteiger charge is -2.18. The fourth-order valence-corrected chi connectivity index (χ4v) is 1.77. The maximum absolute atomic E-state index is 11.7. The molecule has 0 fully saturated rings. The third-order valence-corrected chi connectivity index (χ3v) is 3.34. The number of hydrogen-bond donors (Lipinski definition) is 3. The van der Waals surface area contributed by atoms with Gasteiger partial charge in [-0.3, -0.25) is 4.79 Å². The van der Waals surface area contributed by atoms with Gasteiger partial charge < -0.3 is 11.1 Å². The molecule has 1 amide bonds. The topological polar surface area (TPSA) is 115 Å². The van der Waals surface area contributed by atoms with E-state index in [2.05, 4.69) is 5.32 Å². The molecule has 1 aromatic rings. The van der Waals surface area contributed by atoms with Crippen LogP contribution in [0.5, 0.6) is 0 Å². The lowest BCUT2D eigenvalue weighted by atomic mass is 10.1. The summed E-state index contributed by atoms with van der Waals surface area (Å²) in [6.45, 7) is 3.03. The van der Waals surface area contributed by atoms with E-state index in [9.17, 15) is 13.2 Å². The van der Waals surface area contributed by atoms with Gasteiger partial charge in [0.1, 0.15) is 0 Å². The van der Waals surface area contributed by atoms with E-state index in [0.717, 1.165) is 0 Å². The fraction of sp³-hybridized carbons (Fsp3) is 0.300. The van der Waals surface area contributed by atoms with Gasteiger partial charge in [0.05, 0.1) is 21.1 Å². The second-order valence-corrected chi connectivity index (χ2v) is 6.33. The Morgan fingerprint density at radius 1 is 1.39 bits per heavy atom. The van der Waals surface area contributed by atoms with Crippen LogP contribution in [0.3, 0.4) is 0 Å². The summed E-state index contributed by atoms with van der Waals surface area (Å²) in [4.78, 5) is 11.5. The maximum atomic E-state index is 11.7. The molecule has 0 aliphatic rings. The van der Waals surface area contributed by atoms with Gasteiger partial charge in [-0.1, -0.05) is 11.6 Å². The number of carbonyl (C=O) groups excluding carboxylic acids is 1. The summed E-state index contributed by atoms with van der Waals surface area (Å²) < 4.78 is 22.4. The highest BCUT2D eigenvalue weighted by Crippen LogP contribution is 2.25. The number of nitrogens with one attached hydrogen (secondary N) is 1. The number of rotatable bonds is 3. The Balaban J connectivity index is 3.14. The Labute approximate surface area is 110 Å². The molecule has 0 unspecified atom stereocenters. The van der Waals surface area contributed by atoms with E-state index in [1.54, 1.807) is 0 Å². The summed E-state index contributed by atoms with van der Waals surface area (Å²) >= 11 is 5.85. The summed E-state index contributed by atoms with van der Waals surface area (Å²) in [5.74, 6) is -0.490. The van der Waals surface area contributed by atoms with Gasteiger partial charge in [-0.05, 0) is 32.0 Å². The van der Waals surface area contributed by atoms with Crippen molar-refractivity contribution in [2.75, 3.05) is 5.32 Å². The van der Waals surface area contributed by atoms with Crippen LogP contribution in [0.25, 0.3) is 0 Å². The summed E-state index contributed by atoms with van der Waals surface area (Å²) in [5, 5.41) is 7.63. The van der Waals surface area contributed by atoms with Crippen molar-refractivity contribution < 1.29 is 13.2 Å². The Hall–Kier alpha value is -1.15. The number of halogens is 1. The standard InChI is InChI=1S/C10H14ClN3O3S/c1-10(2,12)9(15)14-8-5-6(18(13,16)17)3-4-7(8)11/h3-5H,12H2,1-2H3,(H,14,15)(H2,13,16,17). The lowest BCUT2D eigenvalue weighted by Crippen LogP contribution is -2.45. The van der Waals surface area contributed by atoms with Gasteiger partial charge in [0.15, 0.2) is 0 Å². The third-order valence-electron chi connectivity index (χ3n) is 2.10. The second kappa shape index (κ2) is 4.85. The minimum absolute atomic E-state index is 0.142. The molecule has 0 heterocycles. The number of primary sulfonamides is 1. The monoisotopic (exact) mass is 291 g/mol. The number of nitrogens with two attached hydrogens (primary N) is 2. The number of carbonyl (C=O) groups is 1. The van der Waals surface area contributed by atoms with Crippen LogP contribution in [0.4, 0.5) is 5.69 Å². The fourth-order valence-electron chi connectivity index (χ4n) is 1.06. The average molecular weight is 292 g/mol. The first kappa shape index (κ1) is 14.9. The first-order valence-electron chi connectivity index (χ1n) is 4.94. The molecule has 6 nitrogen and oxygen atoms in total. The van der Waals surface area contributed by atoms with E-state index in [1.807, 2.05) is 0 Å². The molecule has 0 saturated carbocycles. The molecular formula is C10H14ClN3O3S. The predicted molar refractivity (Wildman–Crippen MR) is 69.7 cm³/mol. The largest absolute Gasteiger partial charge is 0.323 e. The molecule has 0 aliphatic heterocycles. The van der Waals surface area contributed by atoms with Gasteiger partial charge >= 0.3 is 0 Å². The number of hydrogen-bond acceptors (Lipinski definition) is 4. The van der Waals surface area contributed by atoms with Crippen molar-refractivity contribution in [3.63, 3.8) is 0 Å². The molecule has 0 aromatic heterocycles. The minimum Gasteiger partial charge on any atom is -0.323 e. The number of sulfonamides is 1. The molecular weight excluding hydrogens is 278 g/mol. The van der Waals surface area contributed by atoms with Gasteiger partial charge in [-0.25, -0.2) is 13.6 Å². The van der Waals surface area contributed by atoms with Crippen LogP contribution in [-0.2, 0) is 14.8 Å². The summed E-state index contributed by atoms with van der Waals surface area (Å²) in [6, 6.07) is 3.77. The van der Waals surface area contributed by atoms with Gasteiger partial charge in [-0.2, -0.15) is 0 Å². The Morgan fingerprint density at radius 2 is 1.94 bits per heavy atom. The highest BCUT2D eigenvalue weighted by molar-refractivity contribution is 7.89. The van der Waals surface area contributed by atoms with E-state index < -0.39 is 21.5 Å². The summed E-state index contributed by atoms with van der Waals surface area (Å²) in [6.07, 6.45) is 0. The first-order valence-corrected chi connectivity index (χ1v) is 6.87. The highest BCUT2D eigenvalue weighted by atomic mass is 35.5. The molecule has 18 heavy (non-hydrogen) atoms. The van der Waals surface area contributed by atoms with Gasteiger partial charge in [-0.15, -0.1) is 0 Å². The normalized spacial score (nSPS) is 12.3. The predicted octanol–water partition coefficient (Wildman–Crippen LogP) is 0.663. The maximum Gasteiger partial charge on any atom is 0.243 e. The van der Waals surface area contributed by atoms with Crippen LogP contribution in [-0.4, -0.2) is 19.9 Å². The van der Waals surface area contributed by atoms with Crippen LogP contribution in [0, 0.1) is 0 Å². The number of amides is 1. The molecule has 1 rings (SSSR count). The Kier molecular flexibility index (Phi) is 4.02. The number of benzene rings is 1. The molecule has 0 saturated heterocycles. The van der Waals surface area contributed by atoms with E-state index in [-0.39, 0.29) is 15.6 Å². The zero-order chi connectivity index (χ0) is 14.1. The molecule has 5 N–H and O–H groups in total. The molecule has 0 bridgehead atoms. The van der Waals surface area contributed by atoms with E-state index in [4.69, 9.17) is 22.5 Å². The summed E-state index contributed by atoms with van der Waals surface area (Å²) in [5.41, 5.74) is 4.64. The second-order valence-electron chi connectivity index (χ2n) is 4.36. The summed E-state index contributed by atoms with van der Waals surface area (Å²) in [7, 11) is -3.85. The highest BCUT2D eigenvalue weighted by Gasteiger charge is 2.23. The third kappa shape index (κ3) is 3.67. The lowest BCUT2D eigenvalue weighted by molar-refractivity contribution is -0.120. The van der Waals surface area contributed by atoms with Crippen molar-refractivity contribution in [3.8, 4) is 0 Å². The number of anilines is 1. The van der Waals surface area contributed by atoms with Crippen molar-refractivity contribution in [3.05, 3.63) is 23.2 Å². The molecule has 0 spiro atoms. The zero-order valence-electron chi connectivity index (χ0n) is 9.90. The molecule has 0 radical (unpaired) electrons. The SMILES string of the molecule is CC(C)(N)C(=O)Nc1cc(S(N)(=O)=O)ccc1Cl. The van der Waals surface area contributed by atoms with Crippen molar-refractivity contribution in [1.29, 1.82) is 0 Å². The molecule has 8 heteroatoms. The van der Waals surface area contributed by atoms with Gasteiger partial charge in [0.2, 0.25) is 15.9 Å². The quantitative estimate of drug-likeness (QED) is 0.759. The van der Waals surface area contributed by atoms with Crippen molar-refractivity contribution in [2.24, 2.45) is 10.9 Å². The zero-order valence-corrected chi connectivity index (χ0v) is 11.5. The Morgan fingerprint density at radius 3 is 2.39 bits per heavy atom. The van der Waals surface area contributed by atoms with Crippen LogP contribution in [0.2, 0.25) is 5.02 Å². The average Bonchev–Trinajstić information content (AvgIpc) is 2.18. The van der Waals surface area contributed by atoms with Crippen LogP contribution >= 0.6 is 11.6 Å². The Bertz CT molecular complexity index is 579. The molecule has 0 aliphatic carbocycles. The van der Waals surface area contributed by atoms with Crippen LogP contribution in [0.1, 0.15) is 13.8 Å². The van der Waals surface area contributed by atoms with E-state index in [1.165, 1.54) is 32.0 Å². The molecule has 100 valence electrons. The van der Waals surface area contributed by atoms with Crippen molar-refractivity contribution in [1.82, 2.24) is 0 Å². The molecule has 1 aromatic carbocycles. The minimum atomic E-state index is -3.85. The van der Waals surface area contributed by atoms with Gasteiger partial charge in [0, 0.05) is 0 Å². The van der Waals surface area contributed by atoms with Crippen LogP contribution < -0.4 is 16.2 Å². The van der Waals surface area contributed by atoms with Crippen molar-refractivity contribution in [2.45, 2.75) is 24.3 Å². The van der Waals surface area contributed by atoms with Gasteiger partial charge in [0.25, 0.3) is 0 Å². The van der Waals surface area contributed by atoms with Crippen LogP contribution in [0.15, 0.2) is 23.1 Å².